The Labute approximate surface area is 132 Å². The maximum absolute atomic E-state index is 10.7. The summed E-state index contributed by atoms with van der Waals surface area (Å²) in [5.74, 6) is -0.327. The van der Waals surface area contributed by atoms with Crippen LogP contribution in [0.1, 0.15) is 38.3 Å². The molecule has 0 spiro atoms. The molecule has 0 radical (unpaired) electrons. The number of carbonyl (C=O) groups is 1. The van der Waals surface area contributed by atoms with Gasteiger partial charge in [-0.3, -0.25) is 9.69 Å². The fourth-order valence-electron chi connectivity index (χ4n) is 3.11. The maximum atomic E-state index is 10.7. The standard InChI is InChI=1S/C17H27N3O2/c1-12(2)16-17(18)20(10-6-9-15(21)22)11-14(19-16)13-7-4-3-5-8-13/h3-5,7-8,12,14,16-17,19H,6,9-11,18H2,1-2H3,(H,21,22). The SMILES string of the molecule is CC(C)C1NC(c2ccccc2)CN(CCCC(=O)O)C1N. The Bertz CT molecular complexity index is 478. The highest BCUT2D eigenvalue weighted by atomic mass is 16.4. The van der Waals surface area contributed by atoms with Gasteiger partial charge in [0.15, 0.2) is 0 Å². The molecule has 3 atom stereocenters. The van der Waals surface area contributed by atoms with E-state index in [0.29, 0.717) is 12.3 Å². The van der Waals surface area contributed by atoms with Gasteiger partial charge in [-0.15, -0.1) is 0 Å². The van der Waals surface area contributed by atoms with E-state index in [1.54, 1.807) is 0 Å². The van der Waals surface area contributed by atoms with Crippen molar-refractivity contribution in [1.82, 2.24) is 10.2 Å². The molecular formula is C17H27N3O2. The fourth-order valence-corrected chi connectivity index (χ4v) is 3.11. The maximum Gasteiger partial charge on any atom is 0.303 e. The van der Waals surface area contributed by atoms with Gasteiger partial charge in [0.2, 0.25) is 0 Å². The Morgan fingerprint density at radius 3 is 2.68 bits per heavy atom. The minimum atomic E-state index is -0.747. The number of hydrogen-bond acceptors (Lipinski definition) is 4. The molecule has 0 amide bonds. The highest BCUT2D eigenvalue weighted by Crippen LogP contribution is 2.24. The Morgan fingerprint density at radius 2 is 2.09 bits per heavy atom. The summed E-state index contributed by atoms with van der Waals surface area (Å²) in [5, 5.41) is 12.5. The summed E-state index contributed by atoms with van der Waals surface area (Å²) in [6.45, 7) is 5.87. The highest BCUT2D eigenvalue weighted by Gasteiger charge is 2.35. The minimum absolute atomic E-state index is 0.0752. The van der Waals surface area contributed by atoms with Crippen molar-refractivity contribution in [3.05, 3.63) is 35.9 Å². The fraction of sp³-hybridized carbons (Fsp3) is 0.588. The lowest BCUT2D eigenvalue weighted by molar-refractivity contribution is -0.137. The molecule has 5 nitrogen and oxygen atoms in total. The van der Waals surface area contributed by atoms with Crippen LogP contribution in [0, 0.1) is 5.92 Å². The smallest absolute Gasteiger partial charge is 0.303 e. The van der Waals surface area contributed by atoms with Crippen LogP contribution in [-0.4, -0.2) is 41.3 Å². The van der Waals surface area contributed by atoms with E-state index >= 15 is 0 Å². The summed E-state index contributed by atoms with van der Waals surface area (Å²) in [6, 6.07) is 10.8. The molecule has 1 saturated heterocycles. The Hall–Kier alpha value is -1.43. The summed E-state index contributed by atoms with van der Waals surface area (Å²) in [6.07, 6.45) is 0.753. The van der Waals surface area contributed by atoms with E-state index < -0.39 is 5.97 Å². The van der Waals surface area contributed by atoms with Crippen molar-refractivity contribution in [3.63, 3.8) is 0 Å². The predicted molar refractivity (Wildman–Crippen MR) is 87.4 cm³/mol. The van der Waals surface area contributed by atoms with Crippen LogP contribution in [0.25, 0.3) is 0 Å². The zero-order valence-electron chi connectivity index (χ0n) is 13.4. The zero-order chi connectivity index (χ0) is 16.1. The molecule has 5 heteroatoms. The summed E-state index contributed by atoms with van der Waals surface area (Å²) in [5.41, 5.74) is 7.65. The number of aliphatic carboxylic acids is 1. The molecule has 3 unspecified atom stereocenters. The number of rotatable bonds is 6. The second-order valence-corrected chi connectivity index (χ2v) is 6.38. The quantitative estimate of drug-likeness (QED) is 0.747. The van der Waals surface area contributed by atoms with E-state index in [4.69, 9.17) is 10.8 Å². The summed E-state index contributed by atoms with van der Waals surface area (Å²) in [4.78, 5) is 12.9. The summed E-state index contributed by atoms with van der Waals surface area (Å²) in [7, 11) is 0. The van der Waals surface area contributed by atoms with Crippen LogP contribution in [0.3, 0.4) is 0 Å². The molecule has 1 heterocycles. The molecule has 1 aliphatic rings. The number of hydrogen-bond donors (Lipinski definition) is 3. The summed E-state index contributed by atoms with van der Waals surface area (Å²) < 4.78 is 0. The molecule has 0 aromatic heterocycles. The third kappa shape index (κ3) is 4.29. The first-order valence-corrected chi connectivity index (χ1v) is 8.01. The molecule has 2 rings (SSSR count). The van der Waals surface area contributed by atoms with Gasteiger partial charge >= 0.3 is 5.97 Å². The number of carboxylic acid groups (broad SMARTS) is 1. The zero-order valence-corrected chi connectivity index (χ0v) is 13.4. The average Bonchev–Trinajstić information content (AvgIpc) is 2.49. The van der Waals surface area contributed by atoms with Crippen molar-refractivity contribution in [2.24, 2.45) is 11.7 Å². The lowest BCUT2D eigenvalue weighted by Crippen LogP contribution is -2.64. The van der Waals surface area contributed by atoms with E-state index in [1.165, 1.54) is 5.56 Å². The van der Waals surface area contributed by atoms with Gasteiger partial charge in [-0.2, -0.15) is 0 Å². The number of nitrogens with two attached hydrogens (primary N) is 1. The van der Waals surface area contributed by atoms with Crippen molar-refractivity contribution in [2.45, 2.75) is 44.9 Å². The van der Waals surface area contributed by atoms with Gasteiger partial charge in [-0.1, -0.05) is 44.2 Å². The molecule has 1 aromatic rings. The van der Waals surface area contributed by atoms with Gasteiger partial charge in [0, 0.05) is 31.6 Å². The minimum Gasteiger partial charge on any atom is -0.481 e. The van der Waals surface area contributed by atoms with Gasteiger partial charge in [-0.05, 0) is 17.9 Å². The Kier molecular flexibility index (Phi) is 5.94. The van der Waals surface area contributed by atoms with E-state index in [1.807, 2.05) is 18.2 Å². The molecule has 0 aliphatic carbocycles. The Morgan fingerprint density at radius 1 is 1.41 bits per heavy atom. The second kappa shape index (κ2) is 7.72. The van der Waals surface area contributed by atoms with Crippen LogP contribution in [0.5, 0.6) is 0 Å². The first-order valence-electron chi connectivity index (χ1n) is 8.01. The largest absolute Gasteiger partial charge is 0.481 e. The molecular weight excluding hydrogens is 278 g/mol. The third-order valence-corrected chi connectivity index (χ3v) is 4.36. The number of carboxylic acids is 1. The van der Waals surface area contributed by atoms with E-state index in [-0.39, 0.29) is 24.7 Å². The average molecular weight is 305 g/mol. The third-order valence-electron chi connectivity index (χ3n) is 4.36. The van der Waals surface area contributed by atoms with Gasteiger partial charge in [0.05, 0.1) is 6.17 Å². The van der Waals surface area contributed by atoms with Crippen LogP contribution in [0.15, 0.2) is 30.3 Å². The number of benzene rings is 1. The van der Waals surface area contributed by atoms with Crippen LogP contribution in [-0.2, 0) is 4.79 Å². The van der Waals surface area contributed by atoms with E-state index in [9.17, 15) is 4.79 Å². The monoisotopic (exact) mass is 305 g/mol. The van der Waals surface area contributed by atoms with Gasteiger partial charge < -0.3 is 16.2 Å². The molecule has 0 bridgehead atoms. The number of nitrogens with zero attached hydrogens (tertiary/aromatic N) is 1. The van der Waals surface area contributed by atoms with Crippen molar-refractivity contribution in [3.8, 4) is 0 Å². The molecule has 1 fully saturated rings. The number of nitrogens with one attached hydrogen (secondary N) is 1. The van der Waals surface area contributed by atoms with Crippen molar-refractivity contribution >= 4 is 5.97 Å². The van der Waals surface area contributed by atoms with Crippen LogP contribution >= 0.6 is 0 Å². The lowest BCUT2D eigenvalue weighted by atomic mass is 9.93. The first kappa shape index (κ1) is 16.9. The van der Waals surface area contributed by atoms with Crippen molar-refractivity contribution in [1.29, 1.82) is 0 Å². The van der Waals surface area contributed by atoms with Crippen LogP contribution in [0.2, 0.25) is 0 Å². The molecule has 4 N–H and O–H groups in total. The molecule has 122 valence electrons. The topological polar surface area (TPSA) is 78.6 Å². The van der Waals surface area contributed by atoms with Crippen LogP contribution in [0.4, 0.5) is 0 Å². The molecule has 1 aromatic carbocycles. The molecule has 22 heavy (non-hydrogen) atoms. The predicted octanol–water partition coefficient (Wildman–Crippen LogP) is 1.81. The Balaban J connectivity index is 2.08. The molecule has 0 saturated carbocycles. The van der Waals surface area contributed by atoms with Crippen molar-refractivity contribution in [2.75, 3.05) is 13.1 Å². The van der Waals surface area contributed by atoms with E-state index in [0.717, 1.165) is 13.1 Å². The van der Waals surface area contributed by atoms with Gasteiger partial charge in [0.25, 0.3) is 0 Å². The normalized spacial score (nSPS) is 26.3. The lowest BCUT2D eigenvalue weighted by Gasteiger charge is -2.45. The van der Waals surface area contributed by atoms with E-state index in [2.05, 4.69) is 36.2 Å². The van der Waals surface area contributed by atoms with Gasteiger partial charge in [-0.25, -0.2) is 0 Å². The number of piperazine rings is 1. The van der Waals surface area contributed by atoms with Gasteiger partial charge in [0.1, 0.15) is 0 Å². The second-order valence-electron chi connectivity index (χ2n) is 6.38. The highest BCUT2D eigenvalue weighted by molar-refractivity contribution is 5.66. The first-order chi connectivity index (χ1) is 10.5. The van der Waals surface area contributed by atoms with Crippen molar-refractivity contribution < 1.29 is 9.90 Å². The summed E-state index contributed by atoms with van der Waals surface area (Å²) >= 11 is 0. The van der Waals surface area contributed by atoms with Crippen LogP contribution < -0.4 is 11.1 Å². The molecule has 1 aliphatic heterocycles.